The minimum absolute atomic E-state index is 0.274. The summed E-state index contributed by atoms with van der Waals surface area (Å²) in [6.07, 6.45) is 1.72. The van der Waals surface area contributed by atoms with E-state index in [1.54, 1.807) is 30.6 Å². The standard InChI is InChI=1S/C18H20Cl2FN3/c1-4-23(3)12-22-17-10-16(20)18(11-15(17)19)24(5-2)14-8-6-13(21)7-9-14/h6-12H,4-5H2,1-3H3/b22-12-. The fourth-order valence-corrected chi connectivity index (χ4v) is 2.65. The zero-order valence-corrected chi connectivity index (χ0v) is 15.4. The third-order valence-electron chi connectivity index (χ3n) is 3.65. The van der Waals surface area contributed by atoms with E-state index in [1.165, 1.54) is 12.1 Å². The van der Waals surface area contributed by atoms with Crippen molar-refractivity contribution in [1.82, 2.24) is 4.90 Å². The van der Waals surface area contributed by atoms with E-state index < -0.39 is 0 Å². The van der Waals surface area contributed by atoms with Gasteiger partial charge in [-0.25, -0.2) is 9.38 Å². The molecule has 2 aromatic rings. The van der Waals surface area contributed by atoms with E-state index in [9.17, 15) is 4.39 Å². The Morgan fingerprint density at radius 3 is 2.29 bits per heavy atom. The zero-order valence-electron chi connectivity index (χ0n) is 13.9. The highest BCUT2D eigenvalue weighted by Crippen LogP contribution is 2.39. The third kappa shape index (κ3) is 4.40. The van der Waals surface area contributed by atoms with Crippen LogP contribution in [0.4, 0.5) is 21.5 Å². The van der Waals surface area contributed by atoms with E-state index in [4.69, 9.17) is 23.2 Å². The highest BCUT2D eigenvalue weighted by molar-refractivity contribution is 6.37. The van der Waals surface area contributed by atoms with Crippen LogP contribution in [-0.4, -0.2) is 31.4 Å². The van der Waals surface area contributed by atoms with Crippen molar-refractivity contribution in [1.29, 1.82) is 0 Å². The van der Waals surface area contributed by atoms with Crippen molar-refractivity contribution >= 4 is 46.6 Å². The lowest BCUT2D eigenvalue weighted by atomic mass is 10.2. The topological polar surface area (TPSA) is 18.8 Å². The van der Waals surface area contributed by atoms with Gasteiger partial charge >= 0.3 is 0 Å². The molecule has 2 rings (SSSR count). The molecule has 0 spiro atoms. The van der Waals surface area contributed by atoms with Gasteiger partial charge in [-0.2, -0.15) is 0 Å². The van der Waals surface area contributed by atoms with E-state index in [-0.39, 0.29) is 5.82 Å². The quantitative estimate of drug-likeness (QED) is 0.467. The van der Waals surface area contributed by atoms with Crippen molar-refractivity contribution in [3.05, 3.63) is 52.3 Å². The van der Waals surface area contributed by atoms with Crippen molar-refractivity contribution in [2.45, 2.75) is 13.8 Å². The maximum absolute atomic E-state index is 13.1. The molecule has 0 saturated heterocycles. The molecule has 128 valence electrons. The van der Waals surface area contributed by atoms with E-state index in [0.29, 0.717) is 22.3 Å². The van der Waals surface area contributed by atoms with Gasteiger partial charge < -0.3 is 9.80 Å². The van der Waals surface area contributed by atoms with Crippen LogP contribution in [0.3, 0.4) is 0 Å². The molecule has 2 aromatic carbocycles. The van der Waals surface area contributed by atoms with Gasteiger partial charge in [-0.05, 0) is 50.2 Å². The van der Waals surface area contributed by atoms with Crippen LogP contribution in [0.2, 0.25) is 10.0 Å². The second-order valence-electron chi connectivity index (χ2n) is 5.29. The molecule has 0 bridgehead atoms. The molecular weight excluding hydrogens is 348 g/mol. The molecule has 0 saturated carbocycles. The monoisotopic (exact) mass is 367 g/mol. The summed E-state index contributed by atoms with van der Waals surface area (Å²) >= 11 is 12.8. The molecule has 0 unspecified atom stereocenters. The number of rotatable bonds is 6. The summed E-state index contributed by atoms with van der Waals surface area (Å²) in [5, 5.41) is 1.05. The van der Waals surface area contributed by atoms with Crippen LogP contribution in [0.25, 0.3) is 0 Å². The first kappa shape index (κ1) is 18.6. The Morgan fingerprint density at radius 2 is 1.71 bits per heavy atom. The van der Waals surface area contributed by atoms with Crippen molar-refractivity contribution in [2.24, 2.45) is 4.99 Å². The zero-order chi connectivity index (χ0) is 17.7. The van der Waals surface area contributed by atoms with Crippen molar-refractivity contribution < 1.29 is 4.39 Å². The van der Waals surface area contributed by atoms with Crippen LogP contribution < -0.4 is 4.90 Å². The first-order valence-corrected chi connectivity index (χ1v) is 8.48. The largest absolute Gasteiger partial charge is 0.366 e. The molecule has 0 aliphatic carbocycles. The van der Waals surface area contributed by atoms with Gasteiger partial charge in [0.1, 0.15) is 5.82 Å². The van der Waals surface area contributed by atoms with E-state index in [0.717, 1.165) is 17.9 Å². The predicted molar refractivity (Wildman–Crippen MR) is 102 cm³/mol. The maximum Gasteiger partial charge on any atom is 0.123 e. The fourth-order valence-electron chi connectivity index (χ4n) is 2.19. The number of anilines is 2. The average molecular weight is 368 g/mol. The van der Waals surface area contributed by atoms with Gasteiger partial charge in [0.05, 0.1) is 27.8 Å². The second kappa shape index (κ2) is 8.36. The summed E-state index contributed by atoms with van der Waals surface area (Å²) in [6.45, 7) is 5.55. The van der Waals surface area contributed by atoms with Gasteiger partial charge in [0, 0.05) is 25.8 Å². The Kier molecular flexibility index (Phi) is 6.46. The maximum atomic E-state index is 13.1. The molecule has 0 aromatic heterocycles. The molecule has 0 radical (unpaired) electrons. The molecule has 0 heterocycles. The van der Waals surface area contributed by atoms with E-state index in [1.807, 2.05) is 30.7 Å². The van der Waals surface area contributed by atoms with E-state index >= 15 is 0 Å². The van der Waals surface area contributed by atoms with Gasteiger partial charge in [0.15, 0.2) is 0 Å². The van der Waals surface area contributed by atoms with Crippen molar-refractivity contribution in [3.8, 4) is 0 Å². The Labute approximate surface area is 152 Å². The number of halogens is 3. The number of nitrogens with zero attached hydrogens (tertiary/aromatic N) is 3. The summed E-state index contributed by atoms with van der Waals surface area (Å²) in [5.41, 5.74) is 2.22. The normalized spacial score (nSPS) is 11.1. The van der Waals surface area contributed by atoms with Gasteiger partial charge in [0.2, 0.25) is 0 Å². The minimum atomic E-state index is -0.274. The molecule has 0 fully saturated rings. The van der Waals surface area contributed by atoms with Gasteiger partial charge in [-0.1, -0.05) is 23.2 Å². The fraction of sp³-hybridized carbons (Fsp3) is 0.278. The highest BCUT2D eigenvalue weighted by atomic mass is 35.5. The van der Waals surface area contributed by atoms with Gasteiger partial charge in [-0.15, -0.1) is 0 Å². The van der Waals surface area contributed by atoms with Crippen LogP contribution in [0.15, 0.2) is 41.4 Å². The lowest BCUT2D eigenvalue weighted by Gasteiger charge is -2.25. The molecule has 0 amide bonds. The van der Waals surface area contributed by atoms with Crippen molar-refractivity contribution in [3.63, 3.8) is 0 Å². The Hall–Kier alpha value is -1.78. The highest BCUT2D eigenvalue weighted by Gasteiger charge is 2.14. The molecule has 6 heteroatoms. The lowest BCUT2D eigenvalue weighted by Crippen LogP contribution is -2.16. The van der Waals surface area contributed by atoms with Gasteiger partial charge in [-0.3, -0.25) is 0 Å². The molecule has 0 aliphatic heterocycles. The number of aliphatic imine (C=N–C) groups is 1. The second-order valence-corrected chi connectivity index (χ2v) is 6.11. The number of benzene rings is 2. The summed E-state index contributed by atoms with van der Waals surface area (Å²) < 4.78 is 13.1. The van der Waals surface area contributed by atoms with Crippen LogP contribution in [0.5, 0.6) is 0 Å². The average Bonchev–Trinajstić information content (AvgIpc) is 2.58. The SMILES string of the molecule is CCN(C)/C=N\c1cc(Cl)c(N(CC)c2ccc(F)cc2)cc1Cl. The molecule has 0 aliphatic rings. The van der Waals surface area contributed by atoms with Crippen LogP contribution in [0.1, 0.15) is 13.8 Å². The molecular formula is C18H20Cl2FN3. The Morgan fingerprint density at radius 1 is 1.04 bits per heavy atom. The van der Waals surface area contributed by atoms with E-state index in [2.05, 4.69) is 4.99 Å². The minimum Gasteiger partial charge on any atom is -0.366 e. The van der Waals surface area contributed by atoms with Crippen LogP contribution in [0, 0.1) is 5.82 Å². The predicted octanol–water partition coefficient (Wildman–Crippen LogP) is 5.90. The Bertz CT molecular complexity index is 717. The number of hydrogen-bond acceptors (Lipinski definition) is 2. The van der Waals surface area contributed by atoms with Crippen molar-refractivity contribution in [2.75, 3.05) is 25.0 Å². The summed E-state index contributed by atoms with van der Waals surface area (Å²) in [4.78, 5) is 8.28. The molecule has 0 N–H and O–H groups in total. The summed E-state index contributed by atoms with van der Waals surface area (Å²) in [6, 6.07) is 9.80. The molecule has 3 nitrogen and oxygen atoms in total. The lowest BCUT2D eigenvalue weighted by molar-refractivity contribution is 0.552. The van der Waals surface area contributed by atoms with Crippen LogP contribution >= 0.6 is 23.2 Å². The van der Waals surface area contributed by atoms with Crippen LogP contribution in [-0.2, 0) is 0 Å². The number of hydrogen-bond donors (Lipinski definition) is 0. The smallest absolute Gasteiger partial charge is 0.123 e. The van der Waals surface area contributed by atoms with Gasteiger partial charge in [0.25, 0.3) is 0 Å². The Balaban J connectivity index is 2.38. The third-order valence-corrected chi connectivity index (χ3v) is 4.26. The first-order valence-electron chi connectivity index (χ1n) is 7.72. The first-order chi connectivity index (χ1) is 11.5. The molecule has 24 heavy (non-hydrogen) atoms. The summed E-state index contributed by atoms with van der Waals surface area (Å²) in [7, 11) is 1.93. The molecule has 0 atom stereocenters. The summed E-state index contributed by atoms with van der Waals surface area (Å²) in [5.74, 6) is -0.274.